The summed E-state index contributed by atoms with van der Waals surface area (Å²) in [5.74, 6) is 0.748. The van der Waals surface area contributed by atoms with Gasteiger partial charge in [-0.3, -0.25) is 4.79 Å². The molecule has 1 amide bonds. The Morgan fingerprint density at radius 3 is 2.74 bits per heavy atom. The molecule has 106 valence electrons. The quantitative estimate of drug-likeness (QED) is 0.750. The number of carbonyl (C=O) groups is 1. The Labute approximate surface area is 114 Å². The molecule has 0 aliphatic rings. The fourth-order valence-corrected chi connectivity index (χ4v) is 1.47. The highest BCUT2D eigenvalue weighted by Crippen LogP contribution is 2.16. The molecule has 1 aromatic rings. The lowest BCUT2D eigenvalue weighted by Gasteiger charge is -2.15. The van der Waals surface area contributed by atoms with Gasteiger partial charge >= 0.3 is 0 Å². The van der Waals surface area contributed by atoms with E-state index in [9.17, 15) is 9.90 Å². The number of hydrogen-bond acceptors (Lipinski definition) is 4. The largest absolute Gasteiger partial charge is 0.491 e. The second-order valence-corrected chi connectivity index (χ2v) is 4.65. The van der Waals surface area contributed by atoms with Gasteiger partial charge in [-0.1, -0.05) is 18.2 Å². The van der Waals surface area contributed by atoms with E-state index >= 15 is 0 Å². The van der Waals surface area contributed by atoms with Crippen LogP contribution in [0.25, 0.3) is 0 Å². The zero-order chi connectivity index (χ0) is 14.3. The van der Waals surface area contributed by atoms with Crippen molar-refractivity contribution in [2.24, 2.45) is 0 Å². The maximum atomic E-state index is 11.3. The van der Waals surface area contributed by atoms with Gasteiger partial charge in [0, 0.05) is 20.6 Å². The predicted octanol–water partition coefficient (Wildman–Crippen LogP) is 0.413. The number of nitrogens with zero attached hydrogens (tertiary/aromatic N) is 1. The minimum Gasteiger partial charge on any atom is -0.491 e. The molecule has 0 saturated carbocycles. The Morgan fingerprint density at radius 1 is 1.42 bits per heavy atom. The zero-order valence-corrected chi connectivity index (χ0v) is 11.7. The van der Waals surface area contributed by atoms with E-state index in [1.807, 2.05) is 31.2 Å². The van der Waals surface area contributed by atoms with E-state index in [0.29, 0.717) is 6.54 Å². The first kappa shape index (κ1) is 15.5. The predicted molar refractivity (Wildman–Crippen MR) is 74.2 cm³/mol. The van der Waals surface area contributed by atoms with Gasteiger partial charge in [0.25, 0.3) is 0 Å². The molecule has 0 heterocycles. The SMILES string of the molecule is Cc1ccccc1OCC(O)CNCC(=O)N(C)C. The first-order valence-corrected chi connectivity index (χ1v) is 6.28. The third kappa shape index (κ3) is 5.72. The minimum absolute atomic E-state index is 0.0213. The fraction of sp³-hybridized carbons (Fsp3) is 0.500. The second kappa shape index (κ2) is 7.76. The third-order valence-corrected chi connectivity index (χ3v) is 2.68. The molecule has 1 atom stereocenters. The van der Waals surface area contributed by atoms with Gasteiger partial charge in [-0.25, -0.2) is 0 Å². The van der Waals surface area contributed by atoms with Crippen molar-refractivity contribution in [3.8, 4) is 5.75 Å². The summed E-state index contributed by atoms with van der Waals surface area (Å²) in [6, 6.07) is 7.65. The van der Waals surface area contributed by atoms with E-state index in [1.165, 1.54) is 4.90 Å². The molecule has 0 spiro atoms. The summed E-state index contributed by atoms with van der Waals surface area (Å²) in [5, 5.41) is 12.6. The summed E-state index contributed by atoms with van der Waals surface area (Å²) >= 11 is 0. The minimum atomic E-state index is -0.644. The molecule has 5 heteroatoms. The number of ether oxygens (including phenoxy) is 1. The van der Waals surface area contributed by atoms with Crippen molar-refractivity contribution in [1.82, 2.24) is 10.2 Å². The molecule has 0 aliphatic heterocycles. The van der Waals surface area contributed by atoms with Crippen LogP contribution in [-0.4, -0.2) is 55.8 Å². The molecule has 5 nitrogen and oxygen atoms in total. The van der Waals surface area contributed by atoms with E-state index in [2.05, 4.69) is 5.32 Å². The highest BCUT2D eigenvalue weighted by molar-refractivity contribution is 5.77. The van der Waals surface area contributed by atoms with Crippen LogP contribution >= 0.6 is 0 Å². The molecule has 1 rings (SSSR count). The average Bonchev–Trinajstić information content (AvgIpc) is 2.37. The van der Waals surface area contributed by atoms with Crippen LogP contribution in [0.1, 0.15) is 5.56 Å². The topological polar surface area (TPSA) is 61.8 Å². The molecule has 0 saturated heterocycles. The number of aliphatic hydroxyl groups excluding tert-OH is 1. The van der Waals surface area contributed by atoms with Crippen molar-refractivity contribution >= 4 is 5.91 Å². The van der Waals surface area contributed by atoms with Crippen LogP contribution in [0.15, 0.2) is 24.3 Å². The lowest BCUT2D eigenvalue weighted by molar-refractivity contribution is -0.127. The van der Waals surface area contributed by atoms with Crippen molar-refractivity contribution in [3.63, 3.8) is 0 Å². The molecule has 2 N–H and O–H groups in total. The summed E-state index contributed by atoms with van der Waals surface area (Å²) in [6.45, 7) is 2.70. The maximum absolute atomic E-state index is 11.3. The van der Waals surface area contributed by atoms with Crippen molar-refractivity contribution in [2.75, 3.05) is 33.8 Å². The number of aryl methyl sites for hydroxylation is 1. The summed E-state index contributed by atoms with van der Waals surface area (Å²) in [7, 11) is 3.39. The fourth-order valence-electron chi connectivity index (χ4n) is 1.47. The third-order valence-electron chi connectivity index (χ3n) is 2.68. The number of amides is 1. The van der Waals surface area contributed by atoms with Gasteiger partial charge in [0.05, 0.1) is 6.54 Å². The second-order valence-electron chi connectivity index (χ2n) is 4.65. The van der Waals surface area contributed by atoms with E-state index in [4.69, 9.17) is 4.74 Å². The lowest BCUT2D eigenvalue weighted by atomic mass is 10.2. The summed E-state index contributed by atoms with van der Waals surface area (Å²) in [4.78, 5) is 12.8. The number of benzene rings is 1. The van der Waals surface area contributed by atoms with Crippen LogP contribution in [-0.2, 0) is 4.79 Å². The van der Waals surface area contributed by atoms with Crippen LogP contribution in [0.3, 0.4) is 0 Å². The van der Waals surface area contributed by atoms with Gasteiger partial charge in [0.2, 0.25) is 5.91 Å². The van der Waals surface area contributed by atoms with E-state index in [0.717, 1.165) is 11.3 Å². The molecule has 0 aliphatic carbocycles. The number of rotatable bonds is 7. The van der Waals surface area contributed by atoms with Crippen LogP contribution in [0, 0.1) is 6.92 Å². The van der Waals surface area contributed by atoms with E-state index in [1.54, 1.807) is 14.1 Å². The Balaban J connectivity index is 2.23. The Hall–Kier alpha value is -1.59. The summed E-state index contributed by atoms with van der Waals surface area (Å²) < 4.78 is 5.52. The molecule has 0 aromatic heterocycles. The molecule has 0 fully saturated rings. The molecule has 0 radical (unpaired) electrons. The molecular weight excluding hydrogens is 244 g/mol. The maximum Gasteiger partial charge on any atom is 0.236 e. The number of aliphatic hydroxyl groups is 1. The first-order chi connectivity index (χ1) is 9.00. The monoisotopic (exact) mass is 266 g/mol. The molecule has 0 bridgehead atoms. The molecule has 1 unspecified atom stereocenters. The molecule has 1 aromatic carbocycles. The number of nitrogens with one attached hydrogen (secondary N) is 1. The van der Waals surface area contributed by atoms with Crippen LogP contribution in [0.2, 0.25) is 0 Å². The number of likely N-dealkylation sites (N-methyl/N-ethyl adjacent to an activating group) is 1. The molecule has 19 heavy (non-hydrogen) atoms. The van der Waals surface area contributed by atoms with Crippen LogP contribution in [0.5, 0.6) is 5.75 Å². The zero-order valence-electron chi connectivity index (χ0n) is 11.7. The van der Waals surface area contributed by atoms with E-state index < -0.39 is 6.10 Å². The first-order valence-electron chi connectivity index (χ1n) is 6.28. The van der Waals surface area contributed by atoms with Crippen molar-refractivity contribution < 1.29 is 14.6 Å². The smallest absolute Gasteiger partial charge is 0.236 e. The van der Waals surface area contributed by atoms with Crippen molar-refractivity contribution in [2.45, 2.75) is 13.0 Å². The van der Waals surface area contributed by atoms with Crippen LogP contribution in [0.4, 0.5) is 0 Å². The highest BCUT2D eigenvalue weighted by Gasteiger charge is 2.08. The van der Waals surface area contributed by atoms with E-state index in [-0.39, 0.29) is 19.1 Å². The van der Waals surface area contributed by atoms with Gasteiger partial charge in [0.15, 0.2) is 0 Å². The summed E-state index contributed by atoms with van der Waals surface area (Å²) in [5.41, 5.74) is 1.03. The van der Waals surface area contributed by atoms with Gasteiger partial charge in [-0.05, 0) is 18.6 Å². The molecular formula is C14H22N2O3. The van der Waals surface area contributed by atoms with Gasteiger partial charge in [-0.15, -0.1) is 0 Å². The number of hydrogen-bond donors (Lipinski definition) is 2. The standard InChI is InChI=1S/C14H22N2O3/c1-11-6-4-5-7-13(11)19-10-12(17)8-15-9-14(18)16(2)3/h4-7,12,15,17H,8-10H2,1-3H3. The normalized spacial score (nSPS) is 12.0. The van der Waals surface area contributed by atoms with Crippen molar-refractivity contribution in [1.29, 1.82) is 0 Å². The Kier molecular flexibility index (Phi) is 6.32. The lowest BCUT2D eigenvalue weighted by Crippen LogP contribution is -2.38. The van der Waals surface area contributed by atoms with Gasteiger partial charge < -0.3 is 20.1 Å². The van der Waals surface area contributed by atoms with Gasteiger partial charge in [-0.2, -0.15) is 0 Å². The Bertz CT molecular complexity index is 407. The summed E-state index contributed by atoms with van der Waals surface area (Å²) in [6.07, 6.45) is -0.644. The number of carbonyl (C=O) groups excluding carboxylic acids is 1. The van der Waals surface area contributed by atoms with Crippen LogP contribution < -0.4 is 10.1 Å². The highest BCUT2D eigenvalue weighted by atomic mass is 16.5. The number of para-hydroxylation sites is 1. The van der Waals surface area contributed by atoms with Gasteiger partial charge in [0.1, 0.15) is 18.5 Å². The van der Waals surface area contributed by atoms with Crippen molar-refractivity contribution in [3.05, 3.63) is 29.8 Å². The Morgan fingerprint density at radius 2 is 2.11 bits per heavy atom. The average molecular weight is 266 g/mol.